The second kappa shape index (κ2) is 3.77. The molecule has 2 N–H and O–H groups in total. The van der Waals surface area contributed by atoms with Gasteiger partial charge in [-0.15, -0.1) is 0 Å². The van der Waals surface area contributed by atoms with Crippen molar-refractivity contribution in [2.75, 3.05) is 6.79 Å². The highest BCUT2D eigenvalue weighted by molar-refractivity contribution is 6.30. The minimum atomic E-state index is -0.0828. The molecule has 76 valence electrons. The normalized spacial score (nSPS) is 17.1. The fourth-order valence-corrected chi connectivity index (χ4v) is 1.80. The van der Waals surface area contributed by atoms with Gasteiger partial charge in [-0.2, -0.15) is 0 Å². The maximum absolute atomic E-state index is 5.96. The van der Waals surface area contributed by atoms with E-state index in [4.69, 9.17) is 26.8 Å². The van der Waals surface area contributed by atoms with Crippen LogP contribution in [-0.4, -0.2) is 6.79 Å². The average molecular weight is 214 g/mol. The van der Waals surface area contributed by atoms with E-state index in [0.717, 1.165) is 16.9 Å². The largest absolute Gasteiger partial charge is 0.467 e. The van der Waals surface area contributed by atoms with Gasteiger partial charge in [-0.3, -0.25) is 0 Å². The molecule has 1 aromatic carbocycles. The van der Waals surface area contributed by atoms with Crippen LogP contribution in [0.25, 0.3) is 0 Å². The van der Waals surface area contributed by atoms with Gasteiger partial charge in [0.15, 0.2) is 6.79 Å². The van der Waals surface area contributed by atoms with Crippen molar-refractivity contribution in [1.82, 2.24) is 0 Å². The molecule has 14 heavy (non-hydrogen) atoms. The van der Waals surface area contributed by atoms with Crippen molar-refractivity contribution in [3.63, 3.8) is 0 Å². The Hall–Kier alpha value is -0.770. The molecule has 4 heteroatoms. The molecule has 0 fully saturated rings. The lowest BCUT2D eigenvalue weighted by Gasteiger charge is -2.22. The SMILES string of the molecule is CC(N)c1cc(Cl)cc2c1OCOC2. The number of fused-ring (bicyclic) bond motifs is 1. The van der Waals surface area contributed by atoms with E-state index in [0.29, 0.717) is 11.6 Å². The standard InChI is InChI=1S/C10H12ClNO2/c1-6(12)9-3-8(11)2-7-4-13-5-14-10(7)9/h2-3,6H,4-5,12H2,1H3. The Morgan fingerprint density at radius 1 is 1.50 bits per heavy atom. The Balaban J connectivity index is 2.52. The monoisotopic (exact) mass is 213 g/mol. The zero-order valence-electron chi connectivity index (χ0n) is 7.92. The van der Waals surface area contributed by atoms with Crippen LogP contribution in [0.3, 0.4) is 0 Å². The lowest BCUT2D eigenvalue weighted by molar-refractivity contribution is -0.0172. The lowest BCUT2D eigenvalue weighted by Crippen LogP contribution is -2.16. The van der Waals surface area contributed by atoms with Crippen LogP contribution < -0.4 is 10.5 Å². The van der Waals surface area contributed by atoms with Gasteiger partial charge < -0.3 is 15.2 Å². The summed E-state index contributed by atoms with van der Waals surface area (Å²) in [5.41, 5.74) is 7.74. The predicted molar refractivity (Wildman–Crippen MR) is 54.3 cm³/mol. The van der Waals surface area contributed by atoms with Gasteiger partial charge in [0.25, 0.3) is 0 Å². The van der Waals surface area contributed by atoms with E-state index < -0.39 is 0 Å². The van der Waals surface area contributed by atoms with Gasteiger partial charge in [-0.05, 0) is 19.1 Å². The Kier molecular flexibility index (Phi) is 2.63. The maximum Gasteiger partial charge on any atom is 0.189 e. The highest BCUT2D eigenvalue weighted by Gasteiger charge is 2.18. The van der Waals surface area contributed by atoms with Crippen LogP contribution in [0.5, 0.6) is 5.75 Å². The second-order valence-electron chi connectivity index (χ2n) is 3.38. The number of ether oxygens (including phenoxy) is 2. The summed E-state index contributed by atoms with van der Waals surface area (Å²) in [6, 6.07) is 3.61. The Morgan fingerprint density at radius 3 is 3.00 bits per heavy atom. The van der Waals surface area contributed by atoms with Crippen LogP contribution in [-0.2, 0) is 11.3 Å². The van der Waals surface area contributed by atoms with Gasteiger partial charge in [0.05, 0.1) is 6.61 Å². The molecule has 0 aromatic heterocycles. The van der Waals surface area contributed by atoms with Crippen LogP contribution in [0, 0.1) is 0 Å². The van der Waals surface area contributed by atoms with Crippen LogP contribution in [0.15, 0.2) is 12.1 Å². The molecule has 1 atom stereocenters. The van der Waals surface area contributed by atoms with Crippen molar-refractivity contribution in [2.45, 2.75) is 19.6 Å². The summed E-state index contributed by atoms with van der Waals surface area (Å²) in [4.78, 5) is 0. The molecule has 0 spiro atoms. The zero-order valence-corrected chi connectivity index (χ0v) is 8.67. The minimum Gasteiger partial charge on any atom is -0.467 e. The Morgan fingerprint density at radius 2 is 2.29 bits per heavy atom. The number of halogens is 1. The summed E-state index contributed by atoms with van der Waals surface area (Å²) in [6.07, 6.45) is 0. The second-order valence-corrected chi connectivity index (χ2v) is 3.82. The minimum absolute atomic E-state index is 0.0828. The van der Waals surface area contributed by atoms with E-state index in [-0.39, 0.29) is 12.8 Å². The fourth-order valence-electron chi connectivity index (χ4n) is 1.55. The molecule has 1 unspecified atom stereocenters. The van der Waals surface area contributed by atoms with Gasteiger partial charge in [-0.25, -0.2) is 0 Å². The fraction of sp³-hybridized carbons (Fsp3) is 0.400. The molecule has 0 bridgehead atoms. The summed E-state index contributed by atoms with van der Waals surface area (Å²) in [6.45, 7) is 2.73. The molecule has 1 aliphatic rings. The molecular formula is C10H12ClNO2. The topological polar surface area (TPSA) is 44.5 Å². The first-order valence-corrected chi connectivity index (χ1v) is 4.84. The summed E-state index contributed by atoms with van der Waals surface area (Å²) in [5, 5.41) is 0.671. The molecule has 3 nitrogen and oxygen atoms in total. The van der Waals surface area contributed by atoms with Gasteiger partial charge in [0.2, 0.25) is 0 Å². The van der Waals surface area contributed by atoms with E-state index in [9.17, 15) is 0 Å². The van der Waals surface area contributed by atoms with E-state index in [1.165, 1.54) is 0 Å². The molecule has 2 rings (SSSR count). The third-order valence-electron chi connectivity index (χ3n) is 2.19. The van der Waals surface area contributed by atoms with Gasteiger partial charge >= 0.3 is 0 Å². The van der Waals surface area contributed by atoms with E-state index in [2.05, 4.69) is 0 Å². The molecule has 1 aliphatic heterocycles. The average Bonchev–Trinajstić information content (AvgIpc) is 2.16. The van der Waals surface area contributed by atoms with Crippen LogP contribution in [0.2, 0.25) is 5.02 Å². The maximum atomic E-state index is 5.96. The highest BCUT2D eigenvalue weighted by Crippen LogP contribution is 2.34. The number of nitrogens with two attached hydrogens (primary N) is 1. The van der Waals surface area contributed by atoms with Gasteiger partial charge in [-0.1, -0.05) is 11.6 Å². The molecule has 0 aliphatic carbocycles. The molecule has 1 aromatic rings. The van der Waals surface area contributed by atoms with Crippen molar-refractivity contribution in [3.05, 3.63) is 28.3 Å². The molecule has 1 heterocycles. The van der Waals surface area contributed by atoms with Crippen LogP contribution >= 0.6 is 11.6 Å². The lowest BCUT2D eigenvalue weighted by atomic mass is 10.0. The summed E-state index contributed by atoms with van der Waals surface area (Å²) in [5.74, 6) is 0.829. The zero-order chi connectivity index (χ0) is 10.1. The molecule has 0 amide bonds. The van der Waals surface area contributed by atoms with Gasteiger partial charge in [0.1, 0.15) is 5.75 Å². The first kappa shape index (κ1) is 9.77. The Labute approximate surface area is 87.8 Å². The van der Waals surface area contributed by atoms with E-state index in [1.54, 1.807) is 0 Å². The third-order valence-corrected chi connectivity index (χ3v) is 2.41. The number of benzene rings is 1. The van der Waals surface area contributed by atoms with Crippen molar-refractivity contribution >= 4 is 11.6 Å². The van der Waals surface area contributed by atoms with Crippen molar-refractivity contribution in [2.24, 2.45) is 5.73 Å². The predicted octanol–water partition coefficient (Wildman–Crippen LogP) is 2.23. The molecule has 0 saturated heterocycles. The van der Waals surface area contributed by atoms with Gasteiger partial charge in [0, 0.05) is 22.2 Å². The first-order chi connectivity index (χ1) is 6.68. The van der Waals surface area contributed by atoms with E-state index >= 15 is 0 Å². The molecule has 0 saturated carbocycles. The molecular weight excluding hydrogens is 202 g/mol. The quantitative estimate of drug-likeness (QED) is 0.778. The first-order valence-electron chi connectivity index (χ1n) is 4.47. The number of rotatable bonds is 1. The number of hydrogen-bond donors (Lipinski definition) is 1. The summed E-state index contributed by atoms with van der Waals surface area (Å²) in [7, 11) is 0. The summed E-state index contributed by atoms with van der Waals surface area (Å²) >= 11 is 5.96. The van der Waals surface area contributed by atoms with Crippen molar-refractivity contribution < 1.29 is 9.47 Å². The third kappa shape index (κ3) is 1.71. The smallest absolute Gasteiger partial charge is 0.189 e. The van der Waals surface area contributed by atoms with E-state index in [1.807, 2.05) is 19.1 Å². The summed E-state index contributed by atoms with van der Waals surface area (Å²) < 4.78 is 10.6. The Bertz CT molecular complexity index is 352. The van der Waals surface area contributed by atoms with Crippen LogP contribution in [0.4, 0.5) is 0 Å². The van der Waals surface area contributed by atoms with Crippen molar-refractivity contribution in [1.29, 1.82) is 0 Å². The number of hydrogen-bond acceptors (Lipinski definition) is 3. The van der Waals surface area contributed by atoms with Crippen molar-refractivity contribution in [3.8, 4) is 5.75 Å². The molecule has 0 radical (unpaired) electrons. The highest BCUT2D eigenvalue weighted by atomic mass is 35.5. The van der Waals surface area contributed by atoms with Crippen LogP contribution in [0.1, 0.15) is 24.1 Å².